The Bertz CT molecular complexity index is 447. The third-order valence-electron chi connectivity index (χ3n) is 3.21. The van der Waals surface area contributed by atoms with Gasteiger partial charge in [0.2, 0.25) is 5.91 Å². The summed E-state index contributed by atoms with van der Waals surface area (Å²) in [4.78, 5) is 14.9. The second kappa shape index (κ2) is 5.76. The zero-order valence-electron chi connectivity index (χ0n) is 10.8. The number of nitrogens with zero attached hydrogens (tertiary/aromatic N) is 1. The number of likely N-dealkylation sites (tertiary alicyclic amines) is 1. The van der Waals surface area contributed by atoms with Crippen molar-refractivity contribution in [1.29, 1.82) is 0 Å². The lowest BCUT2D eigenvalue weighted by Crippen LogP contribution is -2.30. The number of carbonyl (C=O) groups is 1. The second-order valence-corrected chi connectivity index (χ2v) is 5.86. The molecule has 1 heterocycles. The fourth-order valence-corrected chi connectivity index (χ4v) is 3.09. The summed E-state index contributed by atoms with van der Waals surface area (Å²) in [6.07, 6.45) is 0.375. The molecule has 0 aliphatic carbocycles. The van der Waals surface area contributed by atoms with Gasteiger partial charge in [-0.1, -0.05) is 17.7 Å². The first-order chi connectivity index (χ1) is 8.56. The fourth-order valence-electron chi connectivity index (χ4n) is 2.06. The van der Waals surface area contributed by atoms with Crippen LogP contribution in [-0.4, -0.2) is 40.9 Å². The molecule has 98 valence electrons. The summed E-state index contributed by atoms with van der Waals surface area (Å²) in [5.41, 5.74) is 2.42. The van der Waals surface area contributed by atoms with Gasteiger partial charge in [0, 0.05) is 18.0 Å². The van der Waals surface area contributed by atoms with E-state index in [4.69, 9.17) is 0 Å². The van der Waals surface area contributed by atoms with E-state index in [0.29, 0.717) is 25.3 Å². The number of rotatable bonds is 3. The fraction of sp³-hybridized carbons (Fsp3) is 0.500. The SMILES string of the molecule is Cc1ccc(C)c(SCC(=O)N2CC[C@@H](O)C2)c1. The molecule has 1 atom stereocenters. The van der Waals surface area contributed by atoms with Gasteiger partial charge in [-0.3, -0.25) is 4.79 Å². The Morgan fingerprint density at radius 2 is 2.28 bits per heavy atom. The van der Waals surface area contributed by atoms with Gasteiger partial charge in [0.1, 0.15) is 0 Å². The summed E-state index contributed by atoms with van der Waals surface area (Å²) in [7, 11) is 0. The number of aryl methyl sites for hydroxylation is 2. The zero-order valence-corrected chi connectivity index (χ0v) is 11.7. The Morgan fingerprint density at radius 1 is 1.50 bits per heavy atom. The Labute approximate surface area is 112 Å². The minimum absolute atomic E-state index is 0.123. The molecule has 2 rings (SSSR count). The summed E-state index contributed by atoms with van der Waals surface area (Å²) in [5.74, 6) is 0.578. The maximum atomic E-state index is 12.0. The first-order valence-electron chi connectivity index (χ1n) is 6.22. The van der Waals surface area contributed by atoms with Gasteiger partial charge in [-0.2, -0.15) is 0 Å². The number of aliphatic hydroxyl groups excluding tert-OH is 1. The van der Waals surface area contributed by atoms with Crippen molar-refractivity contribution in [1.82, 2.24) is 4.90 Å². The minimum Gasteiger partial charge on any atom is -0.391 e. The molecule has 18 heavy (non-hydrogen) atoms. The van der Waals surface area contributed by atoms with Crippen molar-refractivity contribution >= 4 is 17.7 Å². The highest BCUT2D eigenvalue weighted by Crippen LogP contribution is 2.24. The van der Waals surface area contributed by atoms with E-state index in [1.54, 1.807) is 16.7 Å². The van der Waals surface area contributed by atoms with E-state index < -0.39 is 0 Å². The van der Waals surface area contributed by atoms with Crippen molar-refractivity contribution in [3.05, 3.63) is 29.3 Å². The van der Waals surface area contributed by atoms with Crippen molar-refractivity contribution < 1.29 is 9.90 Å². The van der Waals surface area contributed by atoms with Crippen LogP contribution in [0.25, 0.3) is 0 Å². The van der Waals surface area contributed by atoms with Gasteiger partial charge >= 0.3 is 0 Å². The first kappa shape index (κ1) is 13.4. The van der Waals surface area contributed by atoms with Gasteiger partial charge < -0.3 is 10.0 Å². The van der Waals surface area contributed by atoms with Crippen molar-refractivity contribution in [2.45, 2.75) is 31.3 Å². The van der Waals surface area contributed by atoms with Crippen molar-refractivity contribution in [3.63, 3.8) is 0 Å². The number of carbonyl (C=O) groups excluding carboxylic acids is 1. The van der Waals surface area contributed by atoms with E-state index in [0.717, 1.165) is 0 Å². The number of β-amino-alcohol motifs (C(OH)–C–C–N with tert-alkyl or cyclic N) is 1. The zero-order chi connectivity index (χ0) is 13.1. The lowest BCUT2D eigenvalue weighted by molar-refractivity contribution is -0.127. The molecule has 1 aliphatic heterocycles. The molecule has 1 fully saturated rings. The molecule has 1 aliphatic rings. The quantitative estimate of drug-likeness (QED) is 0.850. The van der Waals surface area contributed by atoms with Gasteiger partial charge in [0.15, 0.2) is 0 Å². The molecule has 0 bridgehead atoms. The molecule has 1 aromatic carbocycles. The molecule has 0 radical (unpaired) electrons. The molecule has 0 unspecified atom stereocenters. The van der Waals surface area contributed by atoms with E-state index >= 15 is 0 Å². The molecule has 0 aromatic heterocycles. The number of thioether (sulfide) groups is 1. The molecule has 1 aromatic rings. The molecule has 3 nitrogen and oxygen atoms in total. The van der Waals surface area contributed by atoms with E-state index in [1.807, 2.05) is 0 Å². The molecular formula is C14H19NO2S. The summed E-state index contributed by atoms with van der Waals surface area (Å²) in [6, 6.07) is 6.28. The number of hydrogen-bond acceptors (Lipinski definition) is 3. The van der Waals surface area contributed by atoms with E-state index in [1.165, 1.54) is 16.0 Å². The van der Waals surface area contributed by atoms with E-state index in [-0.39, 0.29) is 12.0 Å². The van der Waals surface area contributed by atoms with Crippen LogP contribution in [0.4, 0.5) is 0 Å². The van der Waals surface area contributed by atoms with Crippen LogP contribution in [0.15, 0.2) is 23.1 Å². The lowest BCUT2D eigenvalue weighted by atomic mass is 10.2. The van der Waals surface area contributed by atoms with Crippen LogP contribution in [0.3, 0.4) is 0 Å². The maximum Gasteiger partial charge on any atom is 0.233 e. The Hall–Kier alpha value is -1.00. The molecule has 1 N–H and O–H groups in total. The summed E-state index contributed by atoms with van der Waals surface area (Å²) < 4.78 is 0. The van der Waals surface area contributed by atoms with Crippen LogP contribution < -0.4 is 0 Å². The summed E-state index contributed by atoms with van der Waals surface area (Å²) >= 11 is 1.58. The van der Waals surface area contributed by atoms with Gasteiger partial charge in [0.25, 0.3) is 0 Å². The van der Waals surface area contributed by atoms with Crippen LogP contribution in [-0.2, 0) is 4.79 Å². The highest BCUT2D eigenvalue weighted by molar-refractivity contribution is 8.00. The highest BCUT2D eigenvalue weighted by Gasteiger charge is 2.24. The molecule has 4 heteroatoms. The number of amides is 1. The Morgan fingerprint density at radius 3 is 2.94 bits per heavy atom. The van der Waals surface area contributed by atoms with E-state index in [9.17, 15) is 9.90 Å². The van der Waals surface area contributed by atoms with Crippen LogP contribution >= 0.6 is 11.8 Å². The van der Waals surface area contributed by atoms with Crippen LogP contribution in [0, 0.1) is 13.8 Å². The van der Waals surface area contributed by atoms with Gasteiger partial charge in [0.05, 0.1) is 11.9 Å². The van der Waals surface area contributed by atoms with Crippen LogP contribution in [0.1, 0.15) is 17.5 Å². The topological polar surface area (TPSA) is 40.5 Å². The van der Waals surface area contributed by atoms with Crippen molar-refractivity contribution in [2.24, 2.45) is 0 Å². The molecule has 0 spiro atoms. The smallest absolute Gasteiger partial charge is 0.233 e. The number of hydrogen-bond donors (Lipinski definition) is 1. The summed E-state index contributed by atoms with van der Waals surface area (Å²) in [6.45, 7) is 5.30. The second-order valence-electron chi connectivity index (χ2n) is 4.84. The average Bonchev–Trinajstić information content (AvgIpc) is 2.77. The normalized spacial score (nSPS) is 19.3. The molecule has 0 saturated carbocycles. The third kappa shape index (κ3) is 3.27. The molecular weight excluding hydrogens is 246 g/mol. The highest BCUT2D eigenvalue weighted by atomic mass is 32.2. The van der Waals surface area contributed by atoms with Gasteiger partial charge in [-0.15, -0.1) is 11.8 Å². The lowest BCUT2D eigenvalue weighted by Gasteiger charge is -2.15. The van der Waals surface area contributed by atoms with Gasteiger partial charge in [-0.05, 0) is 31.9 Å². The van der Waals surface area contributed by atoms with Crippen LogP contribution in [0.5, 0.6) is 0 Å². The maximum absolute atomic E-state index is 12.0. The standard InChI is InChI=1S/C14H19NO2S/c1-10-3-4-11(2)13(7-10)18-9-14(17)15-6-5-12(16)8-15/h3-4,7,12,16H,5-6,8-9H2,1-2H3/t12-/m1/s1. The third-order valence-corrected chi connectivity index (χ3v) is 4.35. The summed E-state index contributed by atoms with van der Waals surface area (Å²) in [5, 5.41) is 9.41. The van der Waals surface area contributed by atoms with E-state index in [2.05, 4.69) is 32.0 Å². The predicted octanol–water partition coefficient (Wildman–Crippen LogP) is 1.99. The van der Waals surface area contributed by atoms with Crippen molar-refractivity contribution in [2.75, 3.05) is 18.8 Å². The molecule has 1 saturated heterocycles. The van der Waals surface area contributed by atoms with Gasteiger partial charge in [-0.25, -0.2) is 0 Å². The Kier molecular flexibility index (Phi) is 4.30. The monoisotopic (exact) mass is 265 g/mol. The largest absolute Gasteiger partial charge is 0.391 e. The number of aliphatic hydroxyl groups is 1. The van der Waals surface area contributed by atoms with Crippen LogP contribution in [0.2, 0.25) is 0 Å². The minimum atomic E-state index is -0.334. The molecule has 1 amide bonds. The first-order valence-corrected chi connectivity index (χ1v) is 7.20. The van der Waals surface area contributed by atoms with Crippen molar-refractivity contribution in [3.8, 4) is 0 Å². The predicted molar refractivity (Wildman–Crippen MR) is 73.8 cm³/mol. The Balaban J connectivity index is 1.91. The average molecular weight is 265 g/mol. The number of benzene rings is 1.